The maximum Gasteiger partial charge on any atom is 0.271 e. The third-order valence-electron chi connectivity index (χ3n) is 0.820. The molecule has 0 aliphatic heterocycles. The van der Waals surface area contributed by atoms with Crippen molar-refractivity contribution in [1.82, 2.24) is 20.7 Å². The molecule has 1 heterocycles. The molecule has 0 atom stereocenters. The lowest BCUT2D eigenvalue weighted by Crippen LogP contribution is -2.15. The highest BCUT2D eigenvalue weighted by molar-refractivity contribution is 5.91. The smallest absolute Gasteiger partial charge is 0.271 e. The summed E-state index contributed by atoms with van der Waals surface area (Å²) in [4.78, 5) is 10.6. The Kier molecular flexibility index (Phi) is 1.44. The maximum atomic E-state index is 10.6. The summed E-state index contributed by atoms with van der Waals surface area (Å²) in [6, 6.07) is 0. The second kappa shape index (κ2) is 2.25. The van der Waals surface area contributed by atoms with Crippen molar-refractivity contribution in [2.75, 3.05) is 0 Å². The number of nitrogens with one attached hydrogen (secondary N) is 2. The minimum Gasteiger partial charge on any atom is -0.349 e. The van der Waals surface area contributed by atoms with Gasteiger partial charge in [-0.05, 0) is 0 Å². The number of amides is 1. The average molecular weight is 125 g/mol. The van der Waals surface area contributed by atoms with Crippen LogP contribution in [0.15, 0.2) is 6.20 Å². The van der Waals surface area contributed by atoms with E-state index in [0.29, 0.717) is 5.69 Å². The number of carbonyl (C=O) groups excluding carboxylic acids is 1. The molecule has 5 nitrogen and oxygen atoms in total. The highest BCUT2D eigenvalue weighted by Crippen LogP contribution is 1.85. The molecule has 1 amide bonds. The molecular weight excluding hydrogens is 120 g/mol. The minimum absolute atomic E-state index is 0.310. The van der Waals surface area contributed by atoms with E-state index in [1.54, 1.807) is 0 Å². The van der Waals surface area contributed by atoms with Gasteiger partial charge in [0.2, 0.25) is 0 Å². The average Bonchev–Trinajstić information content (AvgIpc) is 2.37. The topological polar surface area (TPSA) is 70.7 Å². The van der Waals surface area contributed by atoms with Gasteiger partial charge in [0.15, 0.2) is 0 Å². The van der Waals surface area contributed by atoms with E-state index in [1.807, 2.05) is 0 Å². The third kappa shape index (κ3) is 1.04. The van der Waals surface area contributed by atoms with Gasteiger partial charge in [-0.15, -0.1) is 5.10 Å². The van der Waals surface area contributed by atoms with Gasteiger partial charge >= 0.3 is 0 Å². The summed E-state index contributed by atoms with van der Waals surface area (Å²) in [7, 11) is 3.17. The molecule has 0 aliphatic carbocycles. The monoisotopic (exact) mass is 125 g/mol. The summed E-state index contributed by atoms with van der Waals surface area (Å²) in [5.74, 6) is -0.319. The van der Waals surface area contributed by atoms with Gasteiger partial charge in [-0.3, -0.25) is 9.89 Å². The predicted octanol–water partition coefficient (Wildman–Crippen LogP) is -0.674. The Morgan fingerprint density at radius 1 is 1.89 bits per heavy atom. The molecule has 0 fully saturated rings. The Hall–Kier alpha value is -1.39. The standard InChI is InChI=1S/C4H5N4O/c1-5-4(9)3-2-6-8-7-3/h2H,1H2,(H,5,9)(H,6,7,8). The molecule has 9 heavy (non-hydrogen) atoms. The molecule has 0 saturated carbocycles. The summed E-state index contributed by atoms with van der Waals surface area (Å²) in [6.45, 7) is 0. The number of hydrogen-bond acceptors (Lipinski definition) is 3. The fraction of sp³-hybridized carbons (Fsp3) is 0. The number of hydrogen-bond donors (Lipinski definition) is 2. The van der Waals surface area contributed by atoms with Crippen LogP contribution in [0.3, 0.4) is 0 Å². The largest absolute Gasteiger partial charge is 0.349 e. The molecule has 0 spiro atoms. The summed E-state index contributed by atoms with van der Waals surface area (Å²) in [6.07, 6.45) is 1.32. The van der Waals surface area contributed by atoms with Crippen LogP contribution in [0.25, 0.3) is 0 Å². The molecular formula is C4H5N4O. The van der Waals surface area contributed by atoms with E-state index >= 15 is 0 Å². The molecule has 47 valence electrons. The van der Waals surface area contributed by atoms with Gasteiger partial charge in [-0.2, -0.15) is 0 Å². The normalized spacial score (nSPS) is 9.00. The lowest BCUT2D eigenvalue weighted by molar-refractivity contribution is 0.0964. The van der Waals surface area contributed by atoms with Crippen LogP contribution in [0.5, 0.6) is 0 Å². The van der Waals surface area contributed by atoms with Crippen LogP contribution in [0.1, 0.15) is 10.5 Å². The molecule has 0 aliphatic rings. The lowest BCUT2D eigenvalue weighted by atomic mass is 10.5. The molecule has 1 rings (SSSR count). The zero-order valence-electron chi connectivity index (χ0n) is 4.59. The summed E-state index contributed by atoms with van der Waals surface area (Å²) in [5, 5.41) is 11.3. The molecule has 1 aromatic heterocycles. The Morgan fingerprint density at radius 3 is 3.11 bits per heavy atom. The third-order valence-corrected chi connectivity index (χ3v) is 0.820. The van der Waals surface area contributed by atoms with Crippen LogP contribution >= 0.6 is 0 Å². The van der Waals surface area contributed by atoms with Gasteiger partial charge in [0.25, 0.3) is 5.91 Å². The van der Waals surface area contributed by atoms with Gasteiger partial charge in [-0.25, -0.2) is 0 Å². The molecule has 0 aromatic carbocycles. The molecule has 0 unspecified atom stereocenters. The Bertz CT molecular complexity index is 192. The van der Waals surface area contributed by atoms with Crippen LogP contribution in [-0.4, -0.2) is 21.3 Å². The Labute approximate surface area is 51.5 Å². The highest BCUT2D eigenvalue weighted by atomic mass is 16.1. The second-order valence-electron chi connectivity index (χ2n) is 1.38. The van der Waals surface area contributed by atoms with E-state index in [-0.39, 0.29) is 5.91 Å². The first kappa shape index (κ1) is 5.74. The second-order valence-corrected chi connectivity index (χ2v) is 1.38. The van der Waals surface area contributed by atoms with Crippen molar-refractivity contribution < 1.29 is 4.79 Å². The number of aromatic amines is 1. The molecule has 1 radical (unpaired) electrons. The van der Waals surface area contributed by atoms with Gasteiger partial charge in [0.05, 0.1) is 6.20 Å². The number of nitrogens with zero attached hydrogens (tertiary/aromatic N) is 2. The Morgan fingerprint density at radius 2 is 2.67 bits per heavy atom. The SMILES string of the molecule is [CH2]NC(=O)c1cnn[nH]1. The molecule has 2 N–H and O–H groups in total. The van der Waals surface area contributed by atoms with Crippen molar-refractivity contribution >= 4 is 5.91 Å². The van der Waals surface area contributed by atoms with Crippen LogP contribution in [0, 0.1) is 7.05 Å². The molecule has 1 aromatic rings. The summed E-state index contributed by atoms with van der Waals surface area (Å²) < 4.78 is 0. The molecule has 0 bridgehead atoms. The van der Waals surface area contributed by atoms with E-state index in [4.69, 9.17) is 0 Å². The van der Waals surface area contributed by atoms with E-state index < -0.39 is 0 Å². The van der Waals surface area contributed by atoms with Crippen molar-refractivity contribution in [3.8, 4) is 0 Å². The zero-order valence-corrected chi connectivity index (χ0v) is 4.59. The van der Waals surface area contributed by atoms with Gasteiger partial charge in [0, 0.05) is 7.05 Å². The summed E-state index contributed by atoms with van der Waals surface area (Å²) >= 11 is 0. The molecule has 5 heteroatoms. The predicted molar refractivity (Wildman–Crippen MR) is 29.2 cm³/mol. The van der Waals surface area contributed by atoms with E-state index in [2.05, 4.69) is 27.8 Å². The first-order valence-electron chi connectivity index (χ1n) is 2.28. The zero-order chi connectivity index (χ0) is 6.69. The maximum absolute atomic E-state index is 10.6. The van der Waals surface area contributed by atoms with E-state index in [1.165, 1.54) is 6.20 Å². The highest BCUT2D eigenvalue weighted by Gasteiger charge is 2.02. The fourth-order valence-corrected chi connectivity index (χ4v) is 0.403. The van der Waals surface area contributed by atoms with Gasteiger partial charge < -0.3 is 5.32 Å². The quantitative estimate of drug-likeness (QED) is 0.522. The number of rotatable bonds is 1. The van der Waals surface area contributed by atoms with E-state index in [0.717, 1.165) is 0 Å². The fourth-order valence-electron chi connectivity index (χ4n) is 0.403. The summed E-state index contributed by atoms with van der Waals surface area (Å²) in [5.41, 5.74) is 0.310. The van der Waals surface area contributed by atoms with Crippen LogP contribution in [0.4, 0.5) is 0 Å². The van der Waals surface area contributed by atoms with Crippen molar-refractivity contribution in [3.05, 3.63) is 18.9 Å². The Balaban J connectivity index is 2.77. The van der Waals surface area contributed by atoms with Crippen molar-refractivity contribution in [1.29, 1.82) is 0 Å². The first-order chi connectivity index (χ1) is 4.34. The lowest BCUT2D eigenvalue weighted by Gasteiger charge is -1.89. The van der Waals surface area contributed by atoms with E-state index in [9.17, 15) is 4.79 Å². The molecule has 0 saturated heterocycles. The van der Waals surface area contributed by atoms with Crippen molar-refractivity contribution in [2.24, 2.45) is 0 Å². The number of carbonyl (C=O) groups is 1. The number of aromatic nitrogens is 3. The van der Waals surface area contributed by atoms with Crippen LogP contribution in [0.2, 0.25) is 0 Å². The van der Waals surface area contributed by atoms with Crippen LogP contribution < -0.4 is 5.32 Å². The first-order valence-corrected chi connectivity index (χ1v) is 2.28. The van der Waals surface area contributed by atoms with Crippen molar-refractivity contribution in [3.63, 3.8) is 0 Å². The van der Waals surface area contributed by atoms with Crippen LogP contribution in [-0.2, 0) is 0 Å². The van der Waals surface area contributed by atoms with Gasteiger partial charge in [-0.1, -0.05) is 5.21 Å². The number of H-pyrrole nitrogens is 1. The van der Waals surface area contributed by atoms with Crippen molar-refractivity contribution in [2.45, 2.75) is 0 Å². The minimum atomic E-state index is -0.319. The van der Waals surface area contributed by atoms with Gasteiger partial charge in [0.1, 0.15) is 5.69 Å².